The Morgan fingerprint density at radius 3 is 3.07 bits per heavy atom. The van der Waals surface area contributed by atoms with Gasteiger partial charge in [-0.2, -0.15) is 0 Å². The summed E-state index contributed by atoms with van der Waals surface area (Å²) in [5.74, 6) is -0.0810. The zero-order valence-electron chi connectivity index (χ0n) is 8.69. The van der Waals surface area contributed by atoms with Gasteiger partial charge in [-0.05, 0) is 6.92 Å². The van der Waals surface area contributed by atoms with E-state index in [1.54, 1.807) is 7.11 Å². The summed E-state index contributed by atoms with van der Waals surface area (Å²) in [5.41, 5.74) is 0.155. The monoisotopic (exact) mass is 214 g/mol. The van der Waals surface area contributed by atoms with Crippen LogP contribution in [0.15, 0.2) is 10.6 Å². The van der Waals surface area contributed by atoms with Gasteiger partial charge in [0.2, 0.25) is 0 Å². The number of carbonyl (C=O) groups excluding carboxylic acids is 1. The number of nitrogens with zero attached hydrogens (tertiary/aromatic N) is 1. The van der Waals surface area contributed by atoms with E-state index in [1.807, 2.05) is 6.92 Å². The molecule has 0 bridgehead atoms. The van der Waals surface area contributed by atoms with E-state index in [2.05, 4.69) is 15.0 Å². The number of aliphatic hydroxyl groups is 1. The summed E-state index contributed by atoms with van der Waals surface area (Å²) in [6.07, 6.45) is 0. The summed E-state index contributed by atoms with van der Waals surface area (Å²) in [6.45, 7) is 1.97. The van der Waals surface area contributed by atoms with Crippen LogP contribution in [0.1, 0.15) is 23.2 Å². The van der Waals surface area contributed by atoms with Gasteiger partial charge in [0.05, 0.1) is 6.61 Å². The molecule has 0 spiro atoms. The highest BCUT2D eigenvalue weighted by Crippen LogP contribution is 2.03. The second-order valence-corrected chi connectivity index (χ2v) is 3.17. The maximum atomic E-state index is 11.5. The van der Waals surface area contributed by atoms with Crippen LogP contribution in [-0.2, 0) is 11.3 Å². The summed E-state index contributed by atoms with van der Waals surface area (Å²) in [7, 11) is 1.56. The molecule has 1 aromatic heterocycles. The van der Waals surface area contributed by atoms with Crippen molar-refractivity contribution in [1.29, 1.82) is 0 Å². The van der Waals surface area contributed by atoms with E-state index in [0.29, 0.717) is 6.61 Å². The first-order chi connectivity index (χ1) is 7.17. The van der Waals surface area contributed by atoms with Crippen LogP contribution in [0.2, 0.25) is 0 Å². The number of methoxy groups -OCH3 is 1. The van der Waals surface area contributed by atoms with Gasteiger partial charge < -0.3 is 19.7 Å². The van der Waals surface area contributed by atoms with E-state index in [0.717, 1.165) is 0 Å². The summed E-state index contributed by atoms with van der Waals surface area (Å²) in [4.78, 5) is 11.5. The van der Waals surface area contributed by atoms with Crippen LogP contribution in [0.25, 0.3) is 0 Å². The highest BCUT2D eigenvalue weighted by atomic mass is 16.5. The van der Waals surface area contributed by atoms with E-state index in [4.69, 9.17) is 9.84 Å². The van der Waals surface area contributed by atoms with Gasteiger partial charge in [0.25, 0.3) is 5.91 Å². The van der Waals surface area contributed by atoms with E-state index in [-0.39, 0.29) is 30.0 Å². The lowest BCUT2D eigenvalue weighted by Gasteiger charge is -2.10. The van der Waals surface area contributed by atoms with Crippen molar-refractivity contribution in [3.05, 3.63) is 17.5 Å². The fourth-order valence-corrected chi connectivity index (χ4v) is 1.08. The molecule has 15 heavy (non-hydrogen) atoms. The zero-order chi connectivity index (χ0) is 11.3. The third-order valence-electron chi connectivity index (χ3n) is 1.74. The largest absolute Gasteiger partial charge is 0.388 e. The van der Waals surface area contributed by atoms with Crippen LogP contribution >= 0.6 is 0 Å². The standard InChI is InChI=1S/C9H14N2O4/c1-6(5-14-2)10-9(13)8-3-7(4-12)15-11-8/h3,6,12H,4-5H2,1-2H3,(H,10,13)/t6-/m1/s1. The topological polar surface area (TPSA) is 84.6 Å². The molecular formula is C9H14N2O4. The highest BCUT2D eigenvalue weighted by molar-refractivity contribution is 5.92. The molecule has 0 saturated heterocycles. The van der Waals surface area contributed by atoms with E-state index < -0.39 is 0 Å². The molecule has 2 N–H and O–H groups in total. The fourth-order valence-electron chi connectivity index (χ4n) is 1.08. The Morgan fingerprint density at radius 1 is 1.80 bits per heavy atom. The number of aliphatic hydroxyl groups excluding tert-OH is 1. The molecule has 0 aliphatic heterocycles. The van der Waals surface area contributed by atoms with Crippen molar-refractivity contribution >= 4 is 5.91 Å². The van der Waals surface area contributed by atoms with E-state index in [9.17, 15) is 4.79 Å². The lowest BCUT2D eigenvalue weighted by atomic mass is 10.3. The van der Waals surface area contributed by atoms with E-state index in [1.165, 1.54) is 6.07 Å². The lowest BCUT2D eigenvalue weighted by Crippen LogP contribution is -2.35. The third kappa shape index (κ3) is 3.34. The minimum atomic E-state index is -0.344. The number of aromatic nitrogens is 1. The Balaban J connectivity index is 2.53. The summed E-state index contributed by atoms with van der Waals surface area (Å²) in [6, 6.07) is 1.30. The maximum Gasteiger partial charge on any atom is 0.273 e. The van der Waals surface area contributed by atoms with Crippen LogP contribution in [0, 0.1) is 0 Å². The van der Waals surface area contributed by atoms with Gasteiger partial charge in [-0.25, -0.2) is 0 Å². The fraction of sp³-hybridized carbons (Fsp3) is 0.556. The molecule has 0 fully saturated rings. The van der Waals surface area contributed by atoms with E-state index >= 15 is 0 Å². The molecular weight excluding hydrogens is 200 g/mol. The Hall–Kier alpha value is -1.40. The van der Waals surface area contributed by atoms with Crippen molar-refractivity contribution in [1.82, 2.24) is 10.5 Å². The minimum absolute atomic E-state index is 0.100. The normalized spacial score (nSPS) is 12.5. The molecule has 6 heteroatoms. The molecule has 1 heterocycles. The van der Waals surface area contributed by atoms with Gasteiger partial charge in [-0.3, -0.25) is 4.79 Å². The number of hydrogen-bond acceptors (Lipinski definition) is 5. The number of rotatable bonds is 5. The van der Waals surface area contributed by atoms with Crippen molar-refractivity contribution in [2.75, 3.05) is 13.7 Å². The van der Waals surface area contributed by atoms with Crippen molar-refractivity contribution < 1.29 is 19.2 Å². The number of carbonyl (C=O) groups is 1. The van der Waals surface area contributed by atoms with Crippen molar-refractivity contribution in [3.8, 4) is 0 Å². The van der Waals surface area contributed by atoms with Gasteiger partial charge in [-0.15, -0.1) is 0 Å². The van der Waals surface area contributed by atoms with Crippen molar-refractivity contribution in [2.45, 2.75) is 19.6 Å². The average molecular weight is 214 g/mol. The Bertz CT molecular complexity index is 324. The SMILES string of the molecule is COC[C@@H](C)NC(=O)c1cc(CO)on1. The van der Waals surface area contributed by atoms with Gasteiger partial charge in [0.15, 0.2) is 11.5 Å². The molecule has 0 unspecified atom stereocenters. The average Bonchev–Trinajstić information content (AvgIpc) is 2.66. The van der Waals surface area contributed by atoms with Crippen LogP contribution in [0.5, 0.6) is 0 Å². The molecule has 0 saturated carbocycles. The molecule has 1 atom stereocenters. The first-order valence-corrected chi connectivity index (χ1v) is 4.53. The molecule has 0 aliphatic carbocycles. The Labute approximate surface area is 87.2 Å². The van der Waals surface area contributed by atoms with Crippen LogP contribution in [0.3, 0.4) is 0 Å². The molecule has 1 amide bonds. The van der Waals surface area contributed by atoms with Gasteiger partial charge in [0.1, 0.15) is 6.61 Å². The van der Waals surface area contributed by atoms with Crippen LogP contribution in [-0.4, -0.2) is 35.9 Å². The molecule has 1 rings (SSSR count). The Kier molecular flexibility index (Phi) is 4.26. The van der Waals surface area contributed by atoms with Crippen molar-refractivity contribution in [2.24, 2.45) is 0 Å². The Morgan fingerprint density at radius 2 is 2.53 bits per heavy atom. The van der Waals surface area contributed by atoms with Gasteiger partial charge in [-0.1, -0.05) is 5.16 Å². The smallest absolute Gasteiger partial charge is 0.273 e. The first kappa shape index (κ1) is 11.7. The maximum absolute atomic E-state index is 11.5. The highest BCUT2D eigenvalue weighted by Gasteiger charge is 2.14. The van der Waals surface area contributed by atoms with Gasteiger partial charge >= 0.3 is 0 Å². The number of hydrogen-bond donors (Lipinski definition) is 2. The molecule has 1 aromatic rings. The quantitative estimate of drug-likeness (QED) is 0.716. The van der Waals surface area contributed by atoms with Crippen LogP contribution < -0.4 is 5.32 Å². The molecule has 6 nitrogen and oxygen atoms in total. The minimum Gasteiger partial charge on any atom is -0.388 e. The molecule has 0 aliphatic rings. The molecule has 0 radical (unpaired) electrons. The lowest BCUT2D eigenvalue weighted by molar-refractivity contribution is 0.0896. The summed E-state index contributed by atoms with van der Waals surface area (Å²) in [5, 5.41) is 14.9. The summed E-state index contributed by atoms with van der Waals surface area (Å²) >= 11 is 0. The molecule has 0 aromatic carbocycles. The molecule has 84 valence electrons. The second kappa shape index (κ2) is 5.47. The second-order valence-electron chi connectivity index (χ2n) is 3.17. The predicted octanol–water partition coefficient (Wildman–Crippen LogP) is -0.0684. The third-order valence-corrected chi connectivity index (χ3v) is 1.74. The van der Waals surface area contributed by atoms with Crippen molar-refractivity contribution in [3.63, 3.8) is 0 Å². The van der Waals surface area contributed by atoms with Gasteiger partial charge in [0, 0.05) is 19.2 Å². The number of ether oxygens (including phenoxy) is 1. The van der Waals surface area contributed by atoms with Crippen LogP contribution in [0.4, 0.5) is 0 Å². The zero-order valence-corrected chi connectivity index (χ0v) is 8.69. The number of amides is 1. The number of nitrogens with one attached hydrogen (secondary N) is 1. The summed E-state index contributed by atoms with van der Waals surface area (Å²) < 4.78 is 9.55. The predicted molar refractivity (Wildman–Crippen MR) is 51.2 cm³/mol. The first-order valence-electron chi connectivity index (χ1n) is 4.53.